The minimum Gasteiger partial charge on any atom is -0.342 e. The number of carbonyl (C=O) groups is 1. The maximum Gasteiger partial charge on any atom is 0.229 e. The average Bonchev–Trinajstić information content (AvgIpc) is 3.31. The molecular formula is C17H27N3O. The van der Waals surface area contributed by atoms with Gasteiger partial charge in [-0.1, -0.05) is 0 Å². The summed E-state index contributed by atoms with van der Waals surface area (Å²) in [6.45, 7) is 6.09. The lowest BCUT2D eigenvalue weighted by molar-refractivity contribution is -0.134. The highest BCUT2D eigenvalue weighted by Crippen LogP contribution is 2.47. The van der Waals surface area contributed by atoms with Crippen LogP contribution in [0, 0.1) is 25.7 Å². The summed E-state index contributed by atoms with van der Waals surface area (Å²) in [5, 5.41) is 4.46. The van der Waals surface area contributed by atoms with Gasteiger partial charge in [0.2, 0.25) is 5.91 Å². The standard InChI is InChI=1S/C17H27N3O/c1-10(15-11(2)18-20(5)12(15)3)17(21)19(4)16(13-6-7-13)14-8-9-14/h10,13-14,16H,6-9H2,1-5H3/t10-/m0/s1. The van der Waals surface area contributed by atoms with Crippen molar-refractivity contribution in [3.8, 4) is 0 Å². The van der Waals surface area contributed by atoms with Crippen molar-refractivity contribution in [1.29, 1.82) is 0 Å². The molecule has 2 aliphatic rings. The summed E-state index contributed by atoms with van der Waals surface area (Å²) < 4.78 is 1.88. The zero-order valence-corrected chi connectivity index (χ0v) is 13.9. The summed E-state index contributed by atoms with van der Waals surface area (Å²) in [6, 6.07) is 0.484. The van der Waals surface area contributed by atoms with Crippen LogP contribution in [0.25, 0.3) is 0 Å². The third-order valence-electron chi connectivity index (χ3n) is 5.37. The van der Waals surface area contributed by atoms with Crippen molar-refractivity contribution in [3.05, 3.63) is 17.0 Å². The molecule has 1 amide bonds. The molecule has 4 heteroatoms. The van der Waals surface area contributed by atoms with Gasteiger partial charge in [-0.05, 0) is 58.3 Å². The summed E-state index contributed by atoms with van der Waals surface area (Å²) in [5.41, 5.74) is 3.20. The van der Waals surface area contributed by atoms with E-state index in [4.69, 9.17) is 0 Å². The van der Waals surface area contributed by atoms with Gasteiger partial charge in [0.05, 0.1) is 11.6 Å². The van der Waals surface area contributed by atoms with E-state index in [0.29, 0.717) is 6.04 Å². The topological polar surface area (TPSA) is 38.1 Å². The first kappa shape index (κ1) is 14.6. The van der Waals surface area contributed by atoms with Crippen molar-refractivity contribution in [1.82, 2.24) is 14.7 Å². The number of carbonyl (C=O) groups excluding carboxylic acids is 1. The summed E-state index contributed by atoms with van der Waals surface area (Å²) in [4.78, 5) is 15.0. The highest BCUT2D eigenvalue weighted by molar-refractivity contribution is 5.84. The lowest BCUT2D eigenvalue weighted by atomic mass is 9.96. The van der Waals surface area contributed by atoms with E-state index in [2.05, 4.69) is 16.9 Å². The molecule has 0 aromatic carbocycles. The molecule has 4 nitrogen and oxygen atoms in total. The molecule has 1 aromatic rings. The Morgan fingerprint density at radius 2 is 1.76 bits per heavy atom. The van der Waals surface area contributed by atoms with Gasteiger partial charge in [-0.15, -0.1) is 0 Å². The maximum atomic E-state index is 13.0. The number of aryl methyl sites for hydroxylation is 2. The second kappa shape index (κ2) is 5.15. The van der Waals surface area contributed by atoms with Crippen molar-refractivity contribution in [3.63, 3.8) is 0 Å². The third kappa shape index (κ3) is 2.60. The molecule has 1 atom stereocenters. The Hall–Kier alpha value is -1.32. The van der Waals surface area contributed by atoms with Crippen molar-refractivity contribution in [2.45, 2.75) is 58.4 Å². The van der Waals surface area contributed by atoms with Gasteiger partial charge in [0, 0.05) is 31.4 Å². The first-order valence-electron chi connectivity index (χ1n) is 8.18. The smallest absolute Gasteiger partial charge is 0.229 e. The third-order valence-corrected chi connectivity index (χ3v) is 5.37. The summed E-state index contributed by atoms with van der Waals surface area (Å²) in [7, 11) is 3.96. The lowest BCUT2D eigenvalue weighted by Crippen LogP contribution is -2.42. The van der Waals surface area contributed by atoms with Crippen LogP contribution in [-0.4, -0.2) is 33.7 Å². The quantitative estimate of drug-likeness (QED) is 0.836. The van der Waals surface area contributed by atoms with Crippen molar-refractivity contribution < 1.29 is 4.79 Å². The van der Waals surface area contributed by atoms with E-state index in [1.807, 2.05) is 32.6 Å². The normalized spacial score (nSPS) is 19.9. The Kier molecular flexibility index (Phi) is 3.58. The van der Waals surface area contributed by atoms with Gasteiger partial charge in [-0.2, -0.15) is 5.10 Å². The van der Waals surface area contributed by atoms with Gasteiger partial charge in [-0.3, -0.25) is 9.48 Å². The summed E-state index contributed by atoms with van der Waals surface area (Å²) >= 11 is 0. The Balaban J connectivity index is 1.80. The second-order valence-corrected chi connectivity index (χ2v) is 7.04. The van der Waals surface area contributed by atoms with Crippen LogP contribution in [0.5, 0.6) is 0 Å². The first-order chi connectivity index (χ1) is 9.91. The molecule has 2 fully saturated rings. The predicted molar refractivity (Wildman–Crippen MR) is 83.1 cm³/mol. The van der Waals surface area contributed by atoms with E-state index in [0.717, 1.165) is 28.8 Å². The van der Waals surface area contributed by atoms with E-state index in [-0.39, 0.29) is 11.8 Å². The minimum atomic E-state index is -0.0938. The van der Waals surface area contributed by atoms with Crippen LogP contribution in [-0.2, 0) is 11.8 Å². The molecule has 2 saturated carbocycles. The molecule has 0 aliphatic heterocycles. The van der Waals surface area contributed by atoms with Crippen molar-refractivity contribution in [2.24, 2.45) is 18.9 Å². The molecule has 0 unspecified atom stereocenters. The number of hydrogen-bond donors (Lipinski definition) is 0. The van der Waals surface area contributed by atoms with Crippen LogP contribution < -0.4 is 0 Å². The van der Waals surface area contributed by atoms with Crippen LogP contribution in [0.15, 0.2) is 0 Å². The molecule has 0 N–H and O–H groups in total. The molecule has 2 aliphatic carbocycles. The number of aromatic nitrogens is 2. The minimum absolute atomic E-state index is 0.0938. The van der Waals surface area contributed by atoms with Crippen molar-refractivity contribution in [2.75, 3.05) is 7.05 Å². The fraction of sp³-hybridized carbons (Fsp3) is 0.765. The van der Waals surface area contributed by atoms with Crippen LogP contribution in [0.3, 0.4) is 0 Å². The molecule has 1 heterocycles. The van der Waals surface area contributed by atoms with Gasteiger partial charge in [0.25, 0.3) is 0 Å². The molecule has 3 rings (SSSR count). The average molecular weight is 289 g/mol. The number of likely N-dealkylation sites (N-methyl/N-ethyl adjacent to an activating group) is 1. The molecule has 0 radical (unpaired) electrons. The maximum absolute atomic E-state index is 13.0. The Morgan fingerprint density at radius 1 is 1.24 bits per heavy atom. The lowest BCUT2D eigenvalue weighted by Gasteiger charge is -2.31. The van der Waals surface area contributed by atoms with Crippen LogP contribution in [0.4, 0.5) is 0 Å². The first-order valence-corrected chi connectivity index (χ1v) is 8.18. The van der Waals surface area contributed by atoms with Gasteiger partial charge in [0.1, 0.15) is 0 Å². The van der Waals surface area contributed by atoms with E-state index in [1.165, 1.54) is 25.7 Å². The largest absolute Gasteiger partial charge is 0.342 e. The van der Waals surface area contributed by atoms with E-state index in [9.17, 15) is 4.79 Å². The molecule has 0 saturated heterocycles. The number of nitrogens with zero attached hydrogens (tertiary/aromatic N) is 3. The summed E-state index contributed by atoms with van der Waals surface area (Å²) in [6.07, 6.45) is 5.21. The number of amides is 1. The number of hydrogen-bond acceptors (Lipinski definition) is 2. The van der Waals surface area contributed by atoms with Crippen LogP contribution in [0.1, 0.15) is 55.5 Å². The zero-order valence-electron chi connectivity index (χ0n) is 13.9. The zero-order chi connectivity index (χ0) is 15.3. The predicted octanol–water partition coefficient (Wildman–Crippen LogP) is 2.79. The highest BCUT2D eigenvalue weighted by Gasteiger charge is 2.45. The van der Waals surface area contributed by atoms with E-state index in [1.54, 1.807) is 0 Å². The summed E-state index contributed by atoms with van der Waals surface area (Å²) in [5.74, 6) is 1.69. The molecule has 116 valence electrons. The fourth-order valence-electron chi connectivity index (χ4n) is 3.89. The van der Waals surface area contributed by atoms with Gasteiger partial charge < -0.3 is 4.90 Å². The van der Waals surface area contributed by atoms with Gasteiger partial charge in [-0.25, -0.2) is 0 Å². The Bertz CT molecular complexity index is 543. The highest BCUT2D eigenvalue weighted by atomic mass is 16.2. The van der Waals surface area contributed by atoms with E-state index >= 15 is 0 Å². The second-order valence-electron chi connectivity index (χ2n) is 7.04. The SMILES string of the molecule is Cc1nn(C)c(C)c1[C@H](C)C(=O)N(C)C(C1CC1)C1CC1. The monoisotopic (exact) mass is 289 g/mol. The molecular weight excluding hydrogens is 262 g/mol. The van der Waals surface area contributed by atoms with Gasteiger partial charge in [0.15, 0.2) is 0 Å². The Labute approximate surface area is 127 Å². The van der Waals surface area contributed by atoms with Gasteiger partial charge >= 0.3 is 0 Å². The molecule has 21 heavy (non-hydrogen) atoms. The fourth-order valence-corrected chi connectivity index (χ4v) is 3.89. The van der Waals surface area contributed by atoms with Crippen LogP contribution in [0.2, 0.25) is 0 Å². The van der Waals surface area contributed by atoms with Crippen molar-refractivity contribution >= 4 is 5.91 Å². The Morgan fingerprint density at radius 3 is 2.14 bits per heavy atom. The molecule has 0 spiro atoms. The molecule has 0 bridgehead atoms. The van der Waals surface area contributed by atoms with Crippen LogP contribution >= 0.6 is 0 Å². The molecule has 1 aromatic heterocycles. The number of rotatable bonds is 5. The van der Waals surface area contributed by atoms with E-state index < -0.39 is 0 Å².